The van der Waals surface area contributed by atoms with E-state index in [-0.39, 0.29) is 23.5 Å². The van der Waals surface area contributed by atoms with Gasteiger partial charge in [0.05, 0.1) is 42.2 Å². The Morgan fingerprint density at radius 3 is 2.39 bits per heavy atom. The first kappa shape index (κ1) is 27.4. The lowest BCUT2D eigenvalue weighted by Crippen LogP contribution is -2.32. The largest absolute Gasteiger partial charge is 0.495 e. The van der Waals surface area contributed by atoms with Gasteiger partial charge in [-0.1, -0.05) is 32.6 Å². The number of fused-ring (bicyclic) bond motifs is 1. The number of carboxylic acids is 1. The van der Waals surface area contributed by atoms with E-state index in [1.54, 1.807) is 11.3 Å². The van der Waals surface area contributed by atoms with Crippen LogP contribution >= 0.6 is 11.3 Å². The summed E-state index contributed by atoms with van der Waals surface area (Å²) in [7, 11) is -2.48. The molecule has 208 valence electrons. The van der Waals surface area contributed by atoms with E-state index in [0.29, 0.717) is 12.5 Å². The van der Waals surface area contributed by atoms with E-state index in [4.69, 9.17) is 9.72 Å². The molecule has 38 heavy (non-hydrogen) atoms. The molecular formula is C28H39N3O5S2. The third-order valence-corrected chi connectivity index (χ3v) is 11.5. The number of nitrogens with zero attached hydrogens (tertiary/aromatic N) is 2. The number of hydrogen-bond acceptors (Lipinski definition) is 6. The van der Waals surface area contributed by atoms with Gasteiger partial charge >= 0.3 is 16.2 Å². The van der Waals surface area contributed by atoms with Gasteiger partial charge in [-0.15, -0.1) is 11.3 Å². The molecule has 5 rings (SSSR count). The minimum absolute atomic E-state index is 0.0262. The Morgan fingerprint density at radius 1 is 1.11 bits per heavy atom. The van der Waals surface area contributed by atoms with Gasteiger partial charge in [0.25, 0.3) is 0 Å². The molecule has 1 aromatic heterocycles. The van der Waals surface area contributed by atoms with Crippen molar-refractivity contribution in [1.82, 2.24) is 9.29 Å². The highest BCUT2D eigenvalue weighted by molar-refractivity contribution is 7.90. The number of nitrogens with one attached hydrogen (secondary N) is 1. The van der Waals surface area contributed by atoms with Crippen molar-refractivity contribution in [2.24, 2.45) is 17.8 Å². The van der Waals surface area contributed by atoms with Crippen LogP contribution in [-0.2, 0) is 23.3 Å². The number of benzene rings is 1. The molecular weight excluding hydrogens is 522 g/mol. The molecule has 0 bridgehead atoms. The highest BCUT2D eigenvalue weighted by Gasteiger charge is 2.36. The van der Waals surface area contributed by atoms with Crippen LogP contribution in [0.4, 0.5) is 5.69 Å². The molecule has 0 atom stereocenters. The van der Waals surface area contributed by atoms with Crippen molar-refractivity contribution in [2.45, 2.75) is 90.1 Å². The van der Waals surface area contributed by atoms with Crippen LogP contribution in [0.5, 0.6) is 5.75 Å². The summed E-state index contributed by atoms with van der Waals surface area (Å²) in [5.41, 5.74) is 1.09. The highest BCUT2D eigenvalue weighted by atomic mass is 32.2. The summed E-state index contributed by atoms with van der Waals surface area (Å²) in [4.78, 5) is 17.2. The predicted octanol–water partition coefficient (Wildman–Crippen LogP) is 6.40. The molecule has 3 aliphatic rings. The van der Waals surface area contributed by atoms with Crippen LogP contribution in [0.15, 0.2) is 18.2 Å². The molecule has 0 radical (unpaired) electrons. The van der Waals surface area contributed by atoms with Crippen LogP contribution in [0, 0.1) is 17.8 Å². The summed E-state index contributed by atoms with van der Waals surface area (Å²) in [5.74, 6) is 2.30. The third kappa shape index (κ3) is 5.87. The monoisotopic (exact) mass is 561 g/mol. The van der Waals surface area contributed by atoms with E-state index in [1.165, 1.54) is 98.8 Å². The highest BCUT2D eigenvalue weighted by Crippen LogP contribution is 2.46. The van der Waals surface area contributed by atoms with Crippen LogP contribution in [-0.4, -0.2) is 35.9 Å². The van der Waals surface area contributed by atoms with Crippen molar-refractivity contribution < 1.29 is 23.1 Å². The molecule has 2 saturated carbocycles. The molecule has 0 amide bonds. The summed E-state index contributed by atoms with van der Waals surface area (Å²) in [6, 6.07) is 4.07. The fraction of sp³-hybridized carbons (Fsp3) is 0.643. The minimum atomic E-state index is -3.86. The molecule has 1 aromatic carbocycles. The Balaban J connectivity index is 1.16. The number of carbonyl (C=O) groups is 1. The fourth-order valence-electron chi connectivity index (χ4n) is 6.68. The number of thiazole rings is 1. The molecule has 10 heteroatoms. The fourth-order valence-corrected chi connectivity index (χ4v) is 9.19. The SMILES string of the molecule is CCCC1CCC(C2CCC(c3nc4c(s3)CN(S(=O)(=O)Nc3ccc(C(=O)O)cc3OC)C4)CC2)CC1. The van der Waals surface area contributed by atoms with Gasteiger partial charge in [-0.3, -0.25) is 4.72 Å². The van der Waals surface area contributed by atoms with Crippen molar-refractivity contribution in [3.8, 4) is 5.75 Å². The van der Waals surface area contributed by atoms with Gasteiger partial charge in [0.1, 0.15) is 5.75 Å². The number of methoxy groups -OCH3 is 1. The number of carboxylic acid groups (broad SMARTS) is 1. The number of aromatic carboxylic acids is 1. The van der Waals surface area contributed by atoms with Gasteiger partial charge in [0, 0.05) is 10.8 Å². The summed E-state index contributed by atoms with van der Waals surface area (Å²) in [6.07, 6.45) is 13.4. The van der Waals surface area contributed by atoms with Crippen LogP contribution in [0.3, 0.4) is 0 Å². The zero-order chi connectivity index (χ0) is 26.9. The van der Waals surface area contributed by atoms with Crippen molar-refractivity contribution in [3.63, 3.8) is 0 Å². The molecule has 2 N–H and O–H groups in total. The molecule has 2 aromatic rings. The maximum atomic E-state index is 13.1. The second-order valence-corrected chi connectivity index (χ2v) is 14.0. The van der Waals surface area contributed by atoms with Gasteiger partial charge in [0.2, 0.25) is 0 Å². The van der Waals surface area contributed by atoms with Gasteiger partial charge < -0.3 is 9.84 Å². The molecule has 2 heterocycles. The quantitative estimate of drug-likeness (QED) is 0.367. The lowest BCUT2D eigenvalue weighted by molar-refractivity contribution is 0.0696. The lowest BCUT2D eigenvalue weighted by Gasteiger charge is -2.37. The normalized spacial score (nSPS) is 26.2. The first-order valence-corrected chi connectivity index (χ1v) is 16.2. The van der Waals surface area contributed by atoms with E-state index in [2.05, 4.69) is 11.6 Å². The first-order chi connectivity index (χ1) is 18.3. The summed E-state index contributed by atoms with van der Waals surface area (Å²) >= 11 is 1.68. The van der Waals surface area contributed by atoms with E-state index in [9.17, 15) is 18.3 Å². The van der Waals surface area contributed by atoms with Gasteiger partial charge in [0.15, 0.2) is 0 Å². The molecule has 0 unspecified atom stereocenters. The zero-order valence-corrected chi connectivity index (χ0v) is 24.0. The second kappa shape index (κ2) is 11.5. The second-order valence-electron chi connectivity index (χ2n) is 11.2. The number of ether oxygens (including phenoxy) is 1. The lowest BCUT2D eigenvalue weighted by atomic mass is 9.69. The Hall–Kier alpha value is -2.17. The van der Waals surface area contributed by atoms with Crippen molar-refractivity contribution >= 4 is 33.2 Å². The average molecular weight is 562 g/mol. The number of aromatic nitrogens is 1. The number of hydrogen-bond donors (Lipinski definition) is 2. The van der Waals surface area contributed by atoms with Gasteiger partial charge in [-0.25, -0.2) is 9.78 Å². The molecule has 0 spiro atoms. The van der Waals surface area contributed by atoms with E-state index in [1.807, 2.05) is 0 Å². The summed E-state index contributed by atoms with van der Waals surface area (Å²) in [5, 5.41) is 10.4. The summed E-state index contributed by atoms with van der Waals surface area (Å²) in [6.45, 7) is 2.85. The molecule has 8 nitrogen and oxygen atoms in total. The van der Waals surface area contributed by atoms with Crippen molar-refractivity contribution in [3.05, 3.63) is 39.3 Å². The minimum Gasteiger partial charge on any atom is -0.495 e. The Bertz CT molecular complexity index is 1220. The predicted molar refractivity (Wildman–Crippen MR) is 149 cm³/mol. The van der Waals surface area contributed by atoms with Gasteiger partial charge in [-0.2, -0.15) is 12.7 Å². The van der Waals surface area contributed by atoms with Crippen LogP contribution < -0.4 is 9.46 Å². The molecule has 0 saturated heterocycles. The summed E-state index contributed by atoms with van der Waals surface area (Å²) < 4.78 is 35.4. The Labute approximate surface area is 230 Å². The van der Waals surface area contributed by atoms with Crippen molar-refractivity contribution in [1.29, 1.82) is 0 Å². The Morgan fingerprint density at radius 2 is 1.79 bits per heavy atom. The molecule has 2 aliphatic carbocycles. The topological polar surface area (TPSA) is 109 Å². The Kier molecular flexibility index (Phi) is 8.30. The van der Waals surface area contributed by atoms with E-state index in [0.717, 1.165) is 28.3 Å². The van der Waals surface area contributed by atoms with Crippen molar-refractivity contribution in [2.75, 3.05) is 11.8 Å². The maximum absolute atomic E-state index is 13.1. The molecule has 2 fully saturated rings. The van der Waals surface area contributed by atoms with Gasteiger partial charge in [-0.05, 0) is 74.5 Å². The number of rotatable bonds is 9. The van der Waals surface area contributed by atoms with Crippen LogP contribution in [0.2, 0.25) is 0 Å². The molecule has 1 aliphatic heterocycles. The zero-order valence-electron chi connectivity index (χ0n) is 22.3. The average Bonchev–Trinajstić information content (AvgIpc) is 3.50. The third-order valence-electron chi connectivity index (χ3n) is 8.84. The maximum Gasteiger partial charge on any atom is 0.335 e. The van der Waals surface area contributed by atoms with Crippen LogP contribution in [0.1, 0.15) is 103 Å². The number of anilines is 1. The smallest absolute Gasteiger partial charge is 0.335 e. The van der Waals surface area contributed by atoms with E-state index >= 15 is 0 Å². The standard InChI is InChI=1S/C28H39N3O5S2/c1-3-4-18-5-7-19(8-6-18)20-9-11-21(12-10-20)27-29-24-16-31(17-26(24)37-27)38(34,35)30-23-14-13-22(28(32)33)15-25(23)36-2/h13-15,18-21,30H,3-12,16-17H2,1-2H3,(H,32,33). The van der Waals surface area contributed by atoms with Crippen LogP contribution in [0.25, 0.3) is 0 Å². The first-order valence-electron chi connectivity index (χ1n) is 13.9. The van der Waals surface area contributed by atoms with E-state index < -0.39 is 16.2 Å².